The maximum absolute atomic E-state index is 12.4. The predicted molar refractivity (Wildman–Crippen MR) is 93.8 cm³/mol. The molecule has 0 aromatic carbocycles. The molecule has 1 unspecified atom stereocenters. The van der Waals surface area contributed by atoms with Crippen LogP contribution in [0.15, 0.2) is 57.0 Å². The largest absolute Gasteiger partial charge is 0.462 e. The number of ether oxygens (including phenoxy) is 1. The summed E-state index contributed by atoms with van der Waals surface area (Å²) < 4.78 is 5.03. The van der Waals surface area contributed by atoms with Crippen molar-refractivity contribution in [1.29, 1.82) is 0 Å². The zero-order valence-electron chi connectivity index (χ0n) is 12.9. The molecule has 0 saturated heterocycles. The fourth-order valence-electron chi connectivity index (χ4n) is 2.55. The molecule has 0 radical (unpaired) electrons. The normalized spacial score (nSPS) is 19.6. The van der Waals surface area contributed by atoms with Crippen LogP contribution in [0.5, 0.6) is 0 Å². The Labute approximate surface area is 148 Å². The van der Waals surface area contributed by atoms with Crippen LogP contribution in [0.1, 0.15) is 11.8 Å². The molecular formula is C17H15ClN2O3S. The number of allylic oxidation sites excluding steroid dienone is 4. The summed E-state index contributed by atoms with van der Waals surface area (Å²) in [6, 6.07) is 3.93. The predicted octanol–water partition coefficient (Wildman–Crippen LogP) is 2.94. The van der Waals surface area contributed by atoms with E-state index in [9.17, 15) is 9.59 Å². The standard InChI is InChI=1S/C17H15ClN2O3S/c1-2-23-17(22)14-15(19-9-11-4-3-7-24-11)12-6-5-10(18)8-13(12)20-16(14)21/h3-8,12,19H,2,9H2,1H3. The van der Waals surface area contributed by atoms with Crippen molar-refractivity contribution in [2.75, 3.05) is 6.61 Å². The molecule has 1 atom stereocenters. The van der Waals surface area contributed by atoms with E-state index < -0.39 is 11.9 Å². The fraction of sp³-hybridized carbons (Fsp3) is 0.235. The van der Waals surface area contributed by atoms with Crippen molar-refractivity contribution in [2.24, 2.45) is 10.9 Å². The lowest BCUT2D eigenvalue weighted by Gasteiger charge is -2.26. The van der Waals surface area contributed by atoms with Crippen LogP contribution < -0.4 is 5.32 Å². The number of nitrogens with one attached hydrogen (secondary N) is 1. The van der Waals surface area contributed by atoms with Gasteiger partial charge in [0.1, 0.15) is 5.57 Å². The Morgan fingerprint density at radius 1 is 1.50 bits per heavy atom. The Kier molecular flexibility index (Phi) is 4.97. The smallest absolute Gasteiger partial charge is 0.345 e. The lowest BCUT2D eigenvalue weighted by molar-refractivity contribution is -0.140. The number of esters is 1. The first-order valence-corrected chi connectivity index (χ1v) is 8.71. The Balaban J connectivity index is 1.96. The van der Waals surface area contributed by atoms with Gasteiger partial charge in [-0.1, -0.05) is 23.7 Å². The first-order chi connectivity index (χ1) is 11.6. The van der Waals surface area contributed by atoms with Gasteiger partial charge in [-0.2, -0.15) is 0 Å². The molecule has 1 aromatic rings. The number of fused-ring (bicyclic) bond motifs is 1. The van der Waals surface area contributed by atoms with Crippen molar-refractivity contribution >= 4 is 40.5 Å². The number of carbonyl (C=O) groups is 2. The van der Waals surface area contributed by atoms with Gasteiger partial charge >= 0.3 is 5.97 Å². The number of hydrogen-bond donors (Lipinski definition) is 1. The van der Waals surface area contributed by atoms with Crippen LogP contribution in [-0.2, 0) is 20.9 Å². The second-order valence-electron chi connectivity index (χ2n) is 5.15. The molecule has 0 spiro atoms. The molecule has 1 aliphatic carbocycles. The molecule has 7 heteroatoms. The molecule has 1 amide bonds. The molecule has 0 bridgehead atoms. The van der Waals surface area contributed by atoms with Crippen molar-refractivity contribution in [3.05, 3.63) is 56.9 Å². The van der Waals surface area contributed by atoms with Gasteiger partial charge in [0.25, 0.3) is 5.91 Å². The van der Waals surface area contributed by atoms with E-state index in [4.69, 9.17) is 16.3 Å². The second kappa shape index (κ2) is 7.15. The third kappa shape index (κ3) is 3.34. The SMILES string of the molecule is CCOC(=O)C1=C(NCc2cccs2)C2C=CC(Cl)=CC2=NC1=O. The molecule has 3 rings (SSSR count). The number of carbonyl (C=O) groups excluding carboxylic acids is 2. The number of aliphatic imine (C=N–C) groups is 1. The van der Waals surface area contributed by atoms with E-state index in [0.717, 1.165) is 4.88 Å². The highest BCUT2D eigenvalue weighted by molar-refractivity contribution is 7.09. The maximum Gasteiger partial charge on any atom is 0.345 e. The molecule has 2 heterocycles. The molecule has 124 valence electrons. The molecule has 1 N–H and O–H groups in total. The van der Waals surface area contributed by atoms with E-state index in [2.05, 4.69) is 10.3 Å². The maximum atomic E-state index is 12.4. The van der Waals surface area contributed by atoms with Gasteiger partial charge in [0, 0.05) is 22.2 Å². The monoisotopic (exact) mass is 362 g/mol. The number of hydrogen-bond acceptors (Lipinski definition) is 5. The first-order valence-electron chi connectivity index (χ1n) is 7.46. The Morgan fingerprint density at radius 2 is 2.33 bits per heavy atom. The highest BCUT2D eigenvalue weighted by Gasteiger charge is 2.35. The molecule has 0 fully saturated rings. The summed E-state index contributed by atoms with van der Waals surface area (Å²) in [6.07, 6.45) is 5.19. The Bertz CT molecular complexity index is 791. The summed E-state index contributed by atoms with van der Waals surface area (Å²) >= 11 is 7.59. The van der Waals surface area contributed by atoms with Gasteiger partial charge in [0.15, 0.2) is 0 Å². The van der Waals surface area contributed by atoms with E-state index in [1.54, 1.807) is 30.4 Å². The van der Waals surface area contributed by atoms with Gasteiger partial charge in [0.2, 0.25) is 0 Å². The zero-order chi connectivity index (χ0) is 17.1. The fourth-order valence-corrected chi connectivity index (χ4v) is 3.38. The van der Waals surface area contributed by atoms with Gasteiger partial charge in [0.05, 0.1) is 18.2 Å². The van der Waals surface area contributed by atoms with Crippen LogP contribution in [-0.4, -0.2) is 24.2 Å². The summed E-state index contributed by atoms with van der Waals surface area (Å²) in [4.78, 5) is 29.7. The van der Waals surface area contributed by atoms with E-state index in [-0.39, 0.29) is 18.1 Å². The van der Waals surface area contributed by atoms with Crippen molar-refractivity contribution in [2.45, 2.75) is 13.5 Å². The molecule has 1 aromatic heterocycles. The quantitative estimate of drug-likeness (QED) is 0.646. The van der Waals surface area contributed by atoms with Crippen LogP contribution >= 0.6 is 22.9 Å². The number of rotatable bonds is 5. The minimum Gasteiger partial charge on any atom is -0.462 e. The summed E-state index contributed by atoms with van der Waals surface area (Å²) in [6.45, 7) is 2.40. The number of amides is 1. The molecule has 1 aliphatic heterocycles. The molecule has 5 nitrogen and oxygen atoms in total. The lowest BCUT2D eigenvalue weighted by Crippen LogP contribution is -2.35. The van der Waals surface area contributed by atoms with Crippen molar-refractivity contribution in [1.82, 2.24) is 5.32 Å². The number of nitrogens with zero attached hydrogens (tertiary/aromatic N) is 1. The van der Waals surface area contributed by atoms with Crippen molar-refractivity contribution < 1.29 is 14.3 Å². The molecule has 0 saturated carbocycles. The topological polar surface area (TPSA) is 67.8 Å². The molecular weight excluding hydrogens is 348 g/mol. The van der Waals surface area contributed by atoms with Gasteiger partial charge in [-0.15, -0.1) is 11.3 Å². The van der Waals surface area contributed by atoms with Crippen molar-refractivity contribution in [3.8, 4) is 0 Å². The number of thiophene rings is 1. The van der Waals surface area contributed by atoms with Crippen LogP contribution in [0.4, 0.5) is 0 Å². The summed E-state index contributed by atoms with van der Waals surface area (Å²) in [5.74, 6) is -1.58. The molecule has 24 heavy (non-hydrogen) atoms. The Morgan fingerprint density at radius 3 is 3.04 bits per heavy atom. The summed E-state index contributed by atoms with van der Waals surface area (Å²) in [5.41, 5.74) is 0.987. The first kappa shape index (κ1) is 16.7. The Hall–Kier alpha value is -2.18. The zero-order valence-corrected chi connectivity index (χ0v) is 14.5. The third-order valence-corrected chi connectivity index (χ3v) is 4.70. The average Bonchev–Trinajstić information content (AvgIpc) is 3.05. The van der Waals surface area contributed by atoms with Crippen LogP contribution in [0.2, 0.25) is 0 Å². The van der Waals surface area contributed by atoms with E-state index in [1.807, 2.05) is 23.6 Å². The third-order valence-electron chi connectivity index (χ3n) is 3.59. The van der Waals surface area contributed by atoms with Gasteiger partial charge in [-0.05, 0) is 30.5 Å². The summed E-state index contributed by atoms with van der Waals surface area (Å²) in [5, 5.41) is 5.69. The highest BCUT2D eigenvalue weighted by atomic mass is 35.5. The van der Waals surface area contributed by atoms with Crippen LogP contribution in [0.25, 0.3) is 0 Å². The van der Waals surface area contributed by atoms with Crippen LogP contribution in [0.3, 0.4) is 0 Å². The highest BCUT2D eigenvalue weighted by Crippen LogP contribution is 2.29. The lowest BCUT2D eigenvalue weighted by atomic mass is 9.89. The summed E-state index contributed by atoms with van der Waals surface area (Å²) in [7, 11) is 0. The van der Waals surface area contributed by atoms with Gasteiger partial charge in [-0.25, -0.2) is 9.79 Å². The average molecular weight is 363 g/mol. The number of dihydropyridines is 1. The minimum atomic E-state index is -0.659. The van der Waals surface area contributed by atoms with Crippen LogP contribution in [0, 0.1) is 5.92 Å². The molecule has 2 aliphatic rings. The van der Waals surface area contributed by atoms with E-state index >= 15 is 0 Å². The minimum absolute atomic E-state index is 0.0433. The van der Waals surface area contributed by atoms with Gasteiger partial charge in [-0.3, -0.25) is 4.79 Å². The number of halogens is 1. The van der Waals surface area contributed by atoms with Gasteiger partial charge < -0.3 is 10.1 Å². The van der Waals surface area contributed by atoms with E-state index in [0.29, 0.717) is 23.0 Å². The van der Waals surface area contributed by atoms with E-state index in [1.165, 1.54) is 0 Å². The van der Waals surface area contributed by atoms with Crippen molar-refractivity contribution in [3.63, 3.8) is 0 Å². The second-order valence-corrected chi connectivity index (χ2v) is 6.62.